The molecule has 18 heavy (non-hydrogen) atoms. The van der Waals surface area contributed by atoms with Gasteiger partial charge in [-0.15, -0.1) is 0 Å². The highest BCUT2D eigenvalue weighted by Gasteiger charge is 2.15. The lowest BCUT2D eigenvalue weighted by Gasteiger charge is -2.34. The molecule has 2 heterocycles. The van der Waals surface area contributed by atoms with Crippen molar-refractivity contribution in [2.75, 3.05) is 46.3 Å². The second kappa shape index (κ2) is 8.13. The first-order valence-electron chi connectivity index (χ1n) is 7.67. The molecule has 0 aromatic rings. The fraction of sp³-hybridized carbons (Fsp3) is 1.00. The summed E-state index contributed by atoms with van der Waals surface area (Å²) in [6.07, 6.45) is 2.83. The lowest BCUT2D eigenvalue weighted by atomic mass is 10.2. The zero-order valence-corrected chi connectivity index (χ0v) is 13.2. The first-order chi connectivity index (χ1) is 8.50. The van der Waals surface area contributed by atoms with Gasteiger partial charge in [-0.3, -0.25) is 4.90 Å². The van der Waals surface area contributed by atoms with E-state index in [1.165, 1.54) is 52.1 Å². The van der Waals surface area contributed by atoms with Crippen LogP contribution in [-0.2, 0) is 0 Å². The van der Waals surface area contributed by atoms with Gasteiger partial charge in [0.15, 0.2) is 0 Å². The second-order valence-corrected chi connectivity index (χ2v) is 6.27. The van der Waals surface area contributed by atoms with Crippen LogP contribution in [0.15, 0.2) is 0 Å². The van der Waals surface area contributed by atoms with Crippen LogP contribution in [-0.4, -0.2) is 73.1 Å². The molecule has 0 atom stereocenters. The predicted molar refractivity (Wildman–Crippen MR) is 80.1 cm³/mol. The summed E-state index contributed by atoms with van der Waals surface area (Å²) >= 11 is 0. The van der Waals surface area contributed by atoms with Gasteiger partial charge in [-0.1, -0.05) is 0 Å². The number of hydrogen-bond acceptors (Lipinski definition) is 3. The van der Waals surface area contributed by atoms with E-state index in [2.05, 4.69) is 49.4 Å². The van der Waals surface area contributed by atoms with Gasteiger partial charge in [-0.05, 0) is 60.7 Å². The Bertz CT molecular complexity index is 202. The molecule has 0 aromatic carbocycles. The molecule has 2 saturated heterocycles. The third-order valence-electron chi connectivity index (χ3n) is 4.14. The molecule has 2 aliphatic heterocycles. The summed E-state index contributed by atoms with van der Waals surface area (Å²) in [5.41, 5.74) is 0. The fourth-order valence-corrected chi connectivity index (χ4v) is 2.60. The van der Waals surface area contributed by atoms with Crippen LogP contribution in [0.4, 0.5) is 0 Å². The minimum absolute atomic E-state index is 0.730. The monoisotopic (exact) mass is 255 g/mol. The summed E-state index contributed by atoms with van der Waals surface area (Å²) in [7, 11) is 2.19. The Hall–Kier alpha value is -0.120. The Balaban J connectivity index is 0.000000184. The molecule has 108 valence electrons. The Morgan fingerprint density at radius 1 is 0.611 bits per heavy atom. The normalized spacial score (nSPS) is 23.5. The van der Waals surface area contributed by atoms with Crippen molar-refractivity contribution < 1.29 is 0 Å². The summed E-state index contributed by atoms with van der Waals surface area (Å²) in [6.45, 7) is 16.7. The van der Waals surface area contributed by atoms with E-state index in [9.17, 15) is 0 Å². The third-order valence-corrected chi connectivity index (χ3v) is 4.14. The SMILES string of the molecule is CC(C)N1CCCC1.CC(C)N1CCN(C)CC1. The van der Waals surface area contributed by atoms with E-state index in [0.29, 0.717) is 0 Å². The van der Waals surface area contributed by atoms with E-state index in [1.54, 1.807) is 0 Å². The van der Waals surface area contributed by atoms with Gasteiger partial charge < -0.3 is 9.80 Å². The standard InChI is InChI=1S/C8H18N2.C7H15N/c1-8(2)10-6-4-9(3)5-7-10;1-7(2)8-5-3-4-6-8/h8H,4-7H2,1-3H3;7H,3-6H2,1-2H3. The largest absolute Gasteiger partial charge is 0.304 e. The minimum Gasteiger partial charge on any atom is -0.304 e. The van der Waals surface area contributed by atoms with Crippen molar-refractivity contribution in [2.24, 2.45) is 0 Å². The van der Waals surface area contributed by atoms with Crippen molar-refractivity contribution in [1.82, 2.24) is 14.7 Å². The quantitative estimate of drug-likeness (QED) is 0.748. The van der Waals surface area contributed by atoms with Crippen LogP contribution in [0.1, 0.15) is 40.5 Å². The smallest absolute Gasteiger partial charge is 0.0112 e. The molecule has 2 aliphatic rings. The van der Waals surface area contributed by atoms with Gasteiger partial charge in [-0.2, -0.15) is 0 Å². The molecule has 0 saturated carbocycles. The van der Waals surface area contributed by atoms with Gasteiger partial charge >= 0.3 is 0 Å². The number of nitrogens with zero attached hydrogens (tertiary/aromatic N) is 3. The van der Waals surface area contributed by atoms with Gasteiger partial charge in [0.25, 0.3) is 0 Å². The van der Waals surface area contributed by atoms with Crippen LogP contribution in [0, 0.1) is 0 Å². The molecular formula is C15H33N3. The van der Waals surface area contributed by atoms with E-state index in [1.807, 2.05) is 0 Å². The van der Waals surface area contributed by atoms with E-state index >= 15 is 0 Å². The molecule has 0 radical (unpaired) electrons. The van der Waals surface area contributed by atoms with Gasteiger partial charge in [0.1, 0.15) is 0 Å². The molecule has 0 spiro atoms. The van der Waals surface area contributed by atoms with Crippen molar-refractivity contribution in [3.05, 3.63) is 0 Å². The van der Waals surface area contributed by atoms with Gasteiger partial charge in [0, 0.05) is 38.3 Å². The molecular weight excluding hydrogens is 222 g/mol. The Morgan fingerprint density at radius 2 is 1.00 bits per heavy atom. The highest BCUT2D eigenvalue weighted by atomic mass is 15.3. The molecule has 0 N–H and O–H groups in total. The lowest BCUT2D eigenvalue weighted by Crippen LogP contribution is -2.47. The van der Waals surface area contributed by atoms with Gasteiger partial charge in [0.2, 0.25) is 0 Å². The van der Waals surface area contributed by atoms with Crippen molar-refractivity contribution in [3.63, 3.8) is 0 Å². The van der Waals surface area contributed by atoms with Crippen LogP contribution in [0.2, 0.25) is 0 Å². The van der Waals surface area contributed by atoms with Crippen molar-refractivity contribution in [3.8, 4) is 0 Å². The van der Waals surface area contributed by atoms with Crippen LogP contribution in [0.25, 0.3) is 0 Å². The highest BCUT2D eigenvalue weighted by molar-refractivity contribution is 4.71. The van der Waals surface area contributed by atoms with Crippen molar-refractivity contribution in [1.29, 1.82) is 0 Å². The van der Waals surface area contributed by atoms with E-state index < -0.39 is 0 Å². The number of piperazine rings is 1. The Kier molecular flexibility index (Phi) is 7.20. The molecule has 2 fully saturated rings. The van der Waals surface area contributed by atoms with Crippen LogP contribution >= 0.6 is 0 Å². The Labute approximate surface area is 114 Å². The average Bonchev–Trinajstić information content (AvgIpc) is 2.84. The molecule has 0 bridgehead atoms. The number of likely N-dealkylation sites (tertiary alicyclic amines) is 1. The molecule has 0 unspecified atom stereocenters. The average molecular weight is 255 g/mol. The third kappa shape index (κ3) is 5.68. The maximum absolute atomic E-state index is 2.53. The highest BCUT2D eigenvalue weighted by Crippen LogP contribution is 2.09. The molecule has 3 nitrogen and oxygen atoms in total. The Morgan fingerprint density at radius 3 is 1.33 bits per heavy atom. The van der Waals surface area contributed by atoms with E-state index in [4.69, 9.17) is 0 Å². The van der Waals surface area contributed by atoms with Gasteiger partial charge in [0.05, 0.1) is 0 Å². The van der Waals surface area contributed by atoms with E-state index in [-0.39, 0.29) is 0 Å². The molecule has 0 aromatic heterocycles. The molecule has 2 rings (SSSR count). The molecule has 0 aliphatic carbocycles. The van der Waals surface area contributed by atoms with Crippen LogP contribution in [0.3, 0.4) is 0 Å². The topological polar surface area (TPSA) is 9.72 Å². The van der Waals surface area contributed by atoms with Crippen LogP contribution < -0.4 is 0 Å². The lowest BCUT2D eigenvalue weighted by molar-refractivity contribution is 0.126. The first kappa shape index (κ1) is 15.9. The minimum atomic E-state index is 0.730. The maximum Gasteiger partial charge on any atom is 0.0112 e. The summed E-state index contributed by atoms with van der Waals surface area (Å²) < 4.78 is 0. The number of hydrogen-bond donors (Lipinski definition) is 0. The number of likely N-dealkylation sites (N-methyl/N-ethyl adjacent to an activating group) is 1. The zero-order chi connectivity index (χ0) is 13.5. The molecule has 0 amide bonds. The zero-order valence-electron chi connectivity index (χ0n) is 13.2. The van der Waals surface area contributed by atoms with Gasteiger partial charge in [-0.25, -0.2) is 0 Å². The first-order valence-corrected chi connectivity index (χ1v) is 7.67. The van der Waals surface area contributed by atoms with Crippen LogP contribution in [0.5, 0.6) is 0 Å². The fourth-order valence-electron chi connectivity index (χ4n) is 2.60. The summed E-state index contributed by atoms with van der Waals surface area (Å²) in [6, 6.07) is 1.51. The van der Waals surface area contributed by atoms with Crippen molar-refractivity contribution >= 4 is 0 Å². The summed E-state index contributed by atoms with van der Waals surface area (Å²) in [4.78, 5) is 7.44. The maximum atomic E-state index is 2.53. The summed E-state index contributed by atoms with van der Waals surface area (Å²) in [5, 5.41) is 0. The summed E-state index contributed by atoms with van der Waals surface area (Å²) in [5.74, 6) is 0. The second-order valence-electron chi connectivity index (χ2n) is 6.27. The predicted octanol–water partition coefficient (Wildman–Crippen LogP) is 2.13. The number of rotatable bonds is 2. The molecule has 3 heteroatoms. The van der Waals surface area contributed by atoms with Crippen molar-refractivity contribution in [2.45, 2.75) is 52.6 Å². The van der Waals surface area contributed by atoms with E-state index in [0.717, 1.165) is 12.1 Å².